The molecule has 1 amide bonds. The molecule has 2 aromatic heterocycles. The number of alkyl halides is 3. The van der Waals surface area contributed by atoms with Crippen molar-refractivity contribution in [1.29, 1.82) is 0 Å². The SMILES string of the molecule is Cc1cc(C)n(-c2ccc(=O)n(C(C)C(=O)NCc3ccccc3OC(F)(F)F)n2)n1. The third kappa shape index (κ3) is 5.30. The van der Waals surface area contributed by atoms with E-state index in [1.807, 2.05) is 19.9 Å². The van der Waals surface area contributed by atoms with E-state index in [2.05, 4.69) is 20.3 Å². The molecular formula is C20H20F3N5O3. The van der Waals surface area contributed by atoms with E-state index in [1.165, 1.54) is 37.3 Å². The largest absolute Gasteiger partial charge is 0.573 e. The summed E-state index contributed by atoms with van der Waals surface area (Å²) < 4.78 is 44.2. The van der Waals surface area contributed by atoms with Crippen LogP contribution in [0.2, 0.25) is 0 Å². The second kappa shape index (κ2) is 8.62. The van der Waals surface area contributed by atoms with Gasteiger partial charge in [0, 0.05) is 23.9 Å². The standard InChI is InChI=1S/C20H20F3N5O3/c1-12-10-13(2)27(25-12)17-8-9-18(29)28(26-17)14(3)19(30)24-11-15-6-4-5-7-16(15)31-20(21,22)23/h4-10,14H,11H2,1-3H3,(H,24,30). The van der Waals surface area contributed by atoms with Crippen molar-refractivity contribution >= 4 is 5.91 Å². The second-order valence-corrected chi connectivity index (χ2v) is 6.86. The topological polar surface area (TPSA) is 91.0 Å². The Labute approximate surface area is 175 Å². The number of halogens is 3. The summed E-state index contributed by atoms with van der Waals surface area (Å²) >= 11 is 0. The fourth-order valence-corrected chi connectivity index (χ4v) is 2.98. The Kier molecular flexibility index (Phi) is 6.14. The number of ether oxygens (including phenoxy) is 1. The number of amides is 1. The van der Waals surface area contributed by atoms with Crippen LogP contribution in [0.3, 0.4) is 0 Å². The Hall–Kier alpha value is -3.63. The highest BCUT2D eigenvalue weighted by Crippen LogP contribution is 2.26. The molecule has 31 heavy (non-hydrogen) atoms. The summed E-state index contributed by atoms with van der Waals surface area (Å²) in [6.07, 6.45) is -4.85. The zero-order valence-electron chi connectivity index (χ0n) is 17.0. The number of hydrogen-bond acceptors (Lipinski definition) is 5. The lowest BCUT2D eigenvalue weighted by Gasteiger charge is -2.17. The Bertz CT molecular complexity index is 1150. The highest BCUT2D eigenvalue weighted by atomic mass is 19.4. The monoisotopic (exact) mass is 435 g/mol. The fourth-order valence-electron chi connectivity index (χ4n) is 2.98. The lowest BCUT2D eigenvalue weighted by molar-refractivity contribution is -0.274. The van der Waals surface area contributed by atoms with Gasteiger partial charge in [-0.25, -0.2) is 9.36 Å². The summed E-state index contributed by atoms with van der Waals surface area (Å²) in [5.41, 5.74) is 1.20. The quantitative estimate of drug-likeness (QED) is 0.643. The van der Waals surface area contributed by atoms with Crippen LogP contribution in [0.15, 0.2) is 47.3 Å². The van der Waals surface area contributed by atoms with Crippen molar-refractivity contribution in [2.75, 3.05) is 0 Å². The van der Waals surface area contributed by atoms with Gasteiger partial charge in [0.25, 0.3) is 5.56 Å². The Morgan fingerprint density at radius 3 is 2.52 bits per heavy atom. The molecule has 1 unspecified atom stereocenters. The van der Waals surface area contributed by atoms with Crippen molar-refractivity contribution in [3.05, 3.63) is 69.8 Å². The average Bonchev–Trinajstić information content (AvgIpc) is 3.03. The molecule has 3 rings (SSSR count). The lowest BCUT2D eigenvalue weighted by atomic mass is 10.2. The first-order chi connectivity index (χ1) is 14.5. The van der Waals surface area contributed by atoms with Crippen LogP contribution < -0.4 is 15.6 Å². The number of carbonyl (C=O) groups is 1. The van der Waals surface area contributed by atoms with Crippen molar-refractivity contribution in [1.82, 2.24) is 24.9 Å². The van der Waals surface area contributed by atoms with Crippen LogP contribution in [0.1, 0.15) is 29.9 Å². The molecule has 0 radical (unpaired) electrons. The van der Waals surface area contributed by atoms with Gasteiger partial charge in [-0.1, -0.05) is 18.2 Å². The van der Waals surface area contributed by atoms with E-state index >= 15 is 0 Å². The van der Waals surface area contributed by atoms with Gasteiger partial charge in [-0.2, -0.15) is 5.10 Å². The molecule has 0 fully saturated rings. The van der Waals surface area contributed by atoms with Crippen LogP contribution >= 0.6 is 0 Å². The maximum absolute atomic E-state index is 12.6. The minimum absolute atomic E-state index is 0.136. The van der Waals surface area contributed by atoms with Gasteiger partial charge in [0.1, 0.15) is 11.8 Å². The maximum atomic E-state index is 12.6. The summed E-state index contributed by atoms with van der Waals surface area (Å²) in [7, 11) is 0. The number of aryl methyl sites for hydroxylation is 2. The molecule has 0 aliphatic heterocycles. The molecule has 11 heteroatoms. The zero-order valence-corrected chi connectivity index (χ0v) is 17.0. The minimum Gasteiger partial charge on any atom is -0.405 e. The fraction of sp³-hybridized carbons (Fsp3) is 0.300. The molecule has 0 saturated carbocycles. The zero-order chi connectivity index (χ0) is 22.8. The molecule has 1 atom stereocenters. The number of carbonyl (C=O) groups excluding carboxylic acids is 1. The summed E-state index contributed by atoms with van der Waals surface area (Å²) in [6.45, 7) is 4.89. The summed E-state index contributed by atoms with van der Waals surface area (Å²) in [5, 5.41) is 11.0. The van der Waals surface area contributed by atoms with Crippen molar-refractivity contribution < 1.29 is 22.7 Å². The molecule has 2 heterocycles. The van der Waals surface area contributed by atoms with E-state index in [-0.39, 0.29) is 12.1 Å². The van der Waals surface area contributed by atoms with Gasteiger partial charge in [-0.15, -0.1) is 18.3 Å². The number of rotatable bonds is 6. The van der Waals surface area contributed by atoms with Crippen LogP contribution in [0.4, 0.5) is 13.2 Å². The van der Waals surface area contributed by atoms with Crippen LogP contribution in [-0.2, 0) is 11.3 Å². The predicted octanol–water partition coefficient (Wildman–Crippen LogP) is 2.82. The van der Waals surface area contributed by atoms with E-state index in [0.29, 0.717) is 5.82 Å². The van der Waals surface area contributed by atoms with Crippen molar-refractivity contribution in [3.63, 3.8) is 0 Å². The van der Waals surface area contributed by atoms with Crippen molar-refractivity contribution in [2.24, 2.45) is 0 Å². The van der Waals surface area contributed by atoms with Gasteiger partial charge in [0.05, 0.1) is 5.69 Å². The van der Waals surface area contributed by atoms with Crippen LogP contribution in [0.5, 0.6) is 5.75 Å². The Morgan fingerprint density at radius 2 is 1.87 bits per heavy atom. The Morgan fingerprint density at radius 1 is 1.16 bits per heavy atom. The summed E-state index contributed by atoms with van der Waals surface area (Å²) in [6, 6.07) is 9.07. The van der Waals surface area contributed by atoms with E-state index in [4.69, 9.17) is 0 Å². The predicted molar refractivity (Wildman–Crippen MR) is 105 cm³/mol. The number of hydrogen-bond donors (Lipinski definition) is 1. The highest BCUT2D eigenvalue weighted by Gasteiger charge is 2.32. The first-order valence-electron chi connectivity index (χ1n) is 9.30. The minimum atomic E-state index is -4.85. The molecule has 0 aliphatic rings. The Balaban J connectivity index is 1.78. The first-order valence-corrected chi connectivity index (χ1v) is 9.30. The molecule has 0 saturated heterocycles. The highest BCUT2D eigenvalue weighted by molar-refractivity contribution is 5.79. The molecule has 0 spiro atoms. The van der Waals surface area contributed by atoms with Crippen LogP contribution in [0, 0.1) is 13.8 Å². The molecular weight excluding hydrogens is 415 g/mol. The van der Waals surface area contributed by atoms with Crippen LogP contribution in [-0.4, -0.2) is 31.8 Å². The number of nitrogens with zero attached hydrogens (tertiary/aromatic N) is 4. The third-order valence-corrected chi connectivity index (χ3v) is 4.44. The van der Waals surface area contributed by atoms with Gasteiger partial charge < -0.3 is 10.1 Å². The molecule has 3 aromatic rings. The third-order valence-electron chi connectivity index (χ3n) is 4.44. The van der Waals surface area contributed by atoms with Crippen LogP contribution in [0.25, 0.3) is 5.82 Å². The second-order valence-electron chi connectivity index (χ2n) is 6.86. The molecule has 8 nitrogen and oxygen atoms in total. The number of aromatic nitrogens is 4. The van der Waals surface area contributed by atoms with Crippen molar-refractivity contribution in [2.45, 2.75) is 39.7 Å². The average molecular weight is 435 g/mol. The number of para-hydroxylation sites is 1. The number of benzene rings is 1. The van der Waals surface area contributed by atoms with E-state index < -0.39 is 29.6 Å². The normalized spacial score (nSPS) is 12.5. The number of nitrogens with one attached hydrogen (secondary N) is 1. The smallest absolute Gasteiger partial charge is 0.405 e. The summed E-state index contributed by atoms with van der Waals surface area (Å²) in [4.78, 5) is 24.9. The molecule has 1 aromatic carbocycles. The molecule has 1 N–H and O–H groups in total. The first kappa shape index (κ1) is 22.1. The molecule has 0 bridgehead atoms. The maximum Gasteiger partial charge on any atom is 0.573 e. The van der Waals surface area contributed by atoms with E-state index in [1.54, 1.807) is 4.68 Å². The van der Waals surface area contributed by atoms with Crippen molar-refractivity contribution in [3.8, 4) is 11.6 Å². The lowest BCUT2D eigenvalue weighted by Crippen LogP contribution is -2.37. The van der Waals surface area contributed by atoms with Gasteiger partial charge in [-0.3, -0.25) is 9.59 Å². The molecule has 0 aliphatic carbocycles. The van der Waals surface area contributed by atoms with Gasteiger partial charge in [0.15, 0.2) is 5.82 Å². The summed E-state index contributed by atoms with van der Waals surface area (Å²) in [5.74, 6) is -0.652. The van der Waals surface area contributed by atoms with Gasteiger partial charge in [0.2, 0.25) is 5.91 Å². The van der Waals surface area contributed by atoms with Gasteiger partial charge >= 0.3 is 6.36 Å². The molecule has 164 valence electrons. The van der Waals surface area contributed by atoms with Gasteiger partial charge in [-0.05, 0) is 39.0 Å². The van der Waals surface area contributed by atoms with E-state index in [9.17, 15) is 22.8 Å². The van der Waals surface area contributed by atoms with E-state index in [0.717, 1.165) is 22.1 Å².